The molecule has 0 aliphatic rings. The van der Waals surface area contributed by atoms with E-state index in [0.29, 0.717) is 0 Å². The number of anilines is 1. The van der Waals surface area contributed by atoms with Gasteiger partial charge in [-0.3, -0.25) is 5.43 Å². The van der Waals surface area contributed by atoms with Gasteiger partial charge in [-0.1, -0.05) is 11.6 Å². The predicted octanol–water partition coefficient (Wildman–Crippen LogP) is 4.21. The summed E-state index contributed by atoms with van der Waals surface area (Å²) in [4.78, 5) is 11.3. The number of nitrogens with one attached hydrogen (secondary N) is 2. The average molecular weight is 311 g/mol. The minimum atomic E-state index is -4.57. The number of benzene rings is 1. The van der Waals surface area contributed by atoms with Crippen molar-refractivity contribution in [3.8, 4) is 0 Å². The van der Waals surface area contributed by atoms with Crippen molar-refractivity contribution >= 4 is 23.4 Å². The minimum absolute atomic E-state index is 0.0348. The summed E-state index contributed by atoms with van der Waals surface area (Å²) in [6, 6.07) is 3.18. The van der Waals surface area contributed by atoms with E-state index in [0.717, 1.165) is 12.1 Å². The number of amides is 1. The third-order valence-electron chi connectivity index (χ3n) is 1.98. The van der Waals surface area contributed by atoms with Gasteiger partial charge in [-0.2, -0.15) is 13.2 Å². The zero-order valence-electron chi connectivity index (χ0n) is 11.1. The maximum absolute atomic E-state index is 12.6. The molecule has 1 rings (SSSR count). The molecule has 1 aromatic carbocycles. The topological polar surface area (TPSA) is 50.4 Å². The number of ether oxygens (including phenoxy) is 1. The molecule has 0 bridgehead atoms. The lowest BCUT2D eigenvalue weighted by atomic mass is 10.2. The van der Waals surface area contributed by atoms with Gasteiger partial charge in [-0.15, -0.1) is 0 Å². The predicted molar refractivity (Wildman–Crippen MR) is 69.4 cm³/mol. The van der Waals surface area contributed by atoms with Crippen LogP contribution in [0, 0.1) is 0 Å². The largest absolute Gasteiger partial charge is 0.443 e. The molecule has 8 heteroatoms. The van der Waals surface area contributed by atoms with E-state index >= 15 is 0 Å². The number of halogens is 4. The first-order valence-electron chi connectivity index (χ1n) is 5.61. The fourth-order valence-electron chi connectivity index (χ4n) is 1.25. The van der Waals surface area contributed by atoms with Crippen molar-refractivity contribution < 1.29 is 22.7 Å². The van der Waals surface area contributed by atoms with Gasteiger partial charge in [0.2, 0.25) is 0 Å². The molecule has 112 valence electrons. The van der Waals surface area contributed by atoms with Gasteiger partial charge in [-0.25, -0.2) is 10.2 Å². The van der Waals surface area contributed by atoms with Crippen LogP contribution < -0.4 is 10.9 Å². The van der Waals surface area contributed by atoms with Crippen LogP contribution in [-0.4, -0.2) is 11.7 Å². The zero-order valence-corrected chi connectivity index (χ0v) is 11.8. The summed E-state index contributed by atoms with van der Waals surface area (Å²) >= 11 is 5.47. The molecule has 0 radical (unpaired) electrons. The van der Waals surface area contributed by atoms with E-state index in [1.54, 1.807) is 20.8 Å². The molecule has 0 unspecified atom stereocenters. The van der Waals surface area contributed by atoms with Crippen molar-refractivity contribution in [1.82, 2.24) is 5.43 Å². The Kier molecular flexibility index (Phi) is 4.75. The molecule has 0 aliphatic heterocycles. The number of carbonyl (C=O) groups is 1. The van der Waals surface area contributed by atoms with Gasteiger partial charge in [0.15, 0.2) is 0 Å². The molecule has 0 spiro atoms. The van der Waals surface area contributed by atoms with Gasteiger partial charge in [0.25, 0.3) is 0 Å². The molecule has 1 aromatic rings. The highest BCUT2D eigenvalue weighted by molar-refractivity contribution is 6.31. The van der Waals surface area contributed by atoms with Gasteiger partial charge in [0, 0.05) is 0 Å². The van der Waals surface area contributed by atoms with Crippen LogP contribution in [0.5, 0.6) is 0 Å². The molecule has 0 fully saturated rings. The third-order valence-corrected chi connectivity index (χ3v) is 2.31. The molecule has 2 N–H and O–H groups in total. The van der Waals surface area contributed by atoms with E-state index in [2.05, 4.69) is 10.9 Å². The summed E-state index contributed by atoms with van der Waals surface area (Å²) in [5.74, 6) is 0. The van der Waals surface area contributed by atoms with Crippen LogP contribution in [0.1, 0.15) is 26.3 Å². The van der Waals surface area contributed by atoms with E-state index in [-0.39, 0.29) is 5.69 Å². The lowest BCUT2D eigenvalue weighted by Gasteiger charge is -2.20. The molecule has 0 saturated heterocycles. The summed E-state index contributed by atoms with van der Waals surface area (Å²) in [6.07, 6.45) is -5.37. The molecule has 0 atom stereocenters. The van der Waals surface area contributed by atoms with Gasteiger partial charge >= 0.3 is 12.3 Å². The minimum Gasteiger partial charge on any atom is -0.443 e. The van der Waals surface area contributed by atoms with E-state index in [9.17, 15) is 18.0 Å². The first-order valence-corrected chi connectivity index (χ1v) is 5.98. The van der Waals surface area contributed by atoms with Crippen molar-refractivity contribution in [1.29, 1.82) is 0 Å². The second-order valence-electron chi connectivity index (χ2n) is 4.94. The van der Waals surface area contributed by atoms with E-state index in [4.69, 9.17) is 16.3 Å². The highest BCUT2D eigenvalue weighted by atomic mass is 35.5. The second kappa shape index (κ2) is 5.78. The molecule has 0 aliphatic carbocycles. The van der Waals surface area contributed by atoms with Crippen LogP contribution in [0.3, 0.4) is 0 Å². The number of carbonyl (C=O) groups excluding carboxylic acids is 1. The van der Waals surface area contributed by atoms with Crippen molar-refractivity contribution in [2.75, 3.05) is 5.43 Å². The zero-order chi connectivity index (χ0) is 15.6. The maximum Gasteiger partial charge on any atom is 0.426 e. The summed E-state index contributed by atoms with van der Waals surface area (Å²) in [7, 11) is 0. The molecular formula is C12H14ClF3N2O2. The van der Waals surface area contributed by atoms with Crippen LogP contribution in [0.2, 0.25) is 5.02 Å². The van der Waals surface area contributed by atoms with Gasteiger partial charge in [-0.05, 0) is 39.0 Å². The Morgan fingerprint density at radius 2 is 1.85 bits per heavy atom. The molecular weight excluding hydrogens is 297 g/mol. The van der Waals surface area contributed by atoms with Gasteiger partial charge in [0.05, 0.1) is 16.3 Å². The number of hydrazine groups is 1. The lowest BCUT2D eigenvalue weighted by Crippen LogP contribution is -2.35. The molecule has 0 heterocycles. The third kappa shape index (κ3) is 5.16. The fraction of sp³-hybridized carbons (Fsp3) is 0.417. The van der Waals surface area contributed by atoms with Crippen molar-refractivity contribution in [3.63, 3.8) is 0 Å². The summed E-state index contributed by atoms with van der Waals surface area (Å²) < 4.78 is 42.8. The Morgan fingerprint density at radius 1 is 1.25 bits per heavy atom. The summed E-state index contributed by atoms with van der Waals surface area (Å²) in [5, 5.41) is -0.416. The van der Waals surface area contributed by atoms with Gasteiger partial charge < -0.3 is 4.74 Å². The number of hydrogen-bond acceptors (Lipinski definition) is 3. The van der Waals surface area contributed by atoms with Crippen LogP contribution >= 0.6 is 11.6 Å². The SMILES string of the molecule is CC(C)(C)OC(=O)NNc1ccc(Cl)c(C(F)(F)F)c1. The average Bonchev–Trinajstić information content (AvgIpc) is 2.24. The van der Waals surface area contributed by atoms with Crippen LogP contribution in [0.4, 0.5) is 23.7 Å². The lowest BCUT2D eigenvalue weighted by molar-refractivity contribution is -0.137. The smallest absolute Gasteiger partial charge is 0.426 e. The Balaban J connectivity index is 2.73. The fourth-order valence-corrected chi connectivity index (χ4v) is 1.47. The van der Waals surface area contributed by atoms with E-state index < -0.39 is 28.5 Å². The van der Waals surface area contributed by atoms with Crippen LogP contribution in [0.15, 0.2) is 18.2 Å². The first-order chi connectivity index (χ1) is 8.99. The highest BCUT2D eigenvalue weighted by Crippen LogP contribution is 2.35. The van der Waals surface area contributed by atoms with Crippen LogP contribution in [0.25, 0.3) is 0 Å². The summed E-state index contributed by atoms with van der Waals surface area (Å²) in [6.45, 7) is 4.99. The highest BCUT2D eigenvalue weighted by Gasteiger charge is 2.33. The number of alkyl halides is 3. The van der Waals surface area contributed by atoms with Crippen molar-refractivity contribution in [2.24, 2.45) is 0 Å². The quantitative estimate of drug-likeness (QED) is 0.804. The Bertz CT molecular complexity index is 498. The van der Waals surface area contributed by atoms with E-state index in [1.807, 2.05) is 0 Å². The number of hydrogen-bond donors (Lipinski definition) is 2. The molecule has 1 amide bonds. The Hall–Kier alpha value is -1.63. The summed E-state index contributed by atoms with van der Waals surface area (Å²) in [5.41, 5.74) is 2.79. The normalized spacial score (nSPS) is 11.9. The standard InChI is InChI=1S/C12H14ClF3N2O2/c1-11(2,3)20-10(19)18-17-7-4-5-9(13)8(6-7)12(14,15)16/h4-6,17H,1-3H3,(H,18,19). The second-order valence-corrected chi connectivity index (χ2v) is 5.35. The van der Waals surface area contributed by atoms with Gasteiger partial charge in [0.1, 0.15) is 5.60 Å². The monoisotopic (exact) mass is 310 g/mol. The molecule has 20 heavy (non-hydrogen) atoms. The van der Waals surface area contributed by atoms with Crippen LogP contribution in [-0.2, 0) is 10.9 Å². The Morgan fingerprint density at radius 3 is 2.35 bits per heavy atom. The molecule has 0 saturated carbocycles. The number of rotatable bonds is 2. The Labute approximate surface area is 119 Å². The molecule has 4 nitrogen and oxygen atoms in total. The van der Waals surface area contributed by atoms with Crippen molar-refractivity contribution in [2.45, 2.75) is 32.5 Å². The van der Waals surface area contributed by atoms with E-state index in [1.165, 1.54) is 6.07 Å². The maximum atomic E-state index is 12.6. The first kappa shape index (κ1) is 16.4. The van der Waals surface area contributed by atoms with Crippen molar-refractivity contribution in [3.05, 3.63) is 28.8 Å². The molecule has 0 aromatic heterocycles.